The Balaban J connectivity index is 2.28. The number of esters is 1. The molecule has 0 fully saturated rings. The van der Waals surface area contributed by atoms with Crippen LogP contribution in [0.5, 0.6) is 0 Å². The van der Waals surface area contributed by atoms with Crippen molar-refractivity contribution in [2.24, 2.45) is 0 Å². The van der Waals surface area contributed by atoms with Crippen LogP contribution in [0.1, 0.15) is 36.8 Å². The Kier molecular flexibility index (Phi) is 6.07. The number of fused-ring (bicyclic) bond motifs is 1. The third kappa shape index (κ3) is 4.06. The molecule has 0 unspecified atom stereocenters. The summed E-state index contributed by atoms with van der Waals surface area (Å²) >= 11 is 0. The average molecular weight is 356 g/mol. The molecule has 0 saturated carbocycles. The third-order valence-corrected chi connectivity index (χ3v) is 3.82. The van der Waals surface area contributed by atoms with Crippen molar-refractivity contribution in [3.05, 3.63) is 40.3 Å². The van der Waals surface area contributed by atoms with Gasteiger partial charge in [-0.1, -0.05) is 18.2 Å². The summed E-state index contributed by atoms with van der Waals surface area (Å²) in [6, 6.07) is 8.34. The molecule has 1 heterocycles. The predicted octanol–water partition coefficient (Wildman–Crippen LogP) is 1.51. The number of carbonyl (C=O) groups excluding carboxylic acids is 2. The molecule has 136 valence electrons. The largest absolute Gasteiger partial charge is 0.451 e. The molecule has 2 aromatic rings. The molecule has 0 aliphatic heterocycles. The molecule has 1 aromatic carbocycles. The zero-order valence-corrected chi connectivity index (χ0v) is 14.9. The van der Waals surface area contributed by atoms with Crippen molar-refractivity contribution in [1.29, 1.82) is 5.26 Å². The quantitative estimate of drug-likeness (QED) is 0.726. The number of rotatable bonds is 6. The monoisotopic (exact) mass is 356 g/mol. The van der Waals surface area contributed by atoms with E-state index in [0.29, 0.717) is 10.8 Å². The zero-order chi connectivity index (χ0) is 19.3. The minimum atomic E-state index is -0.780. The van der Waals surface area contributed by atoms with E-state index in [9.17, 15) is 14.4 Å². The van der Waals surface area contributed by atoms with Gasteiger partial charge in [-0.3, -0.25) is 9.59 Å². The maximum Gasteiger partial charge on any atom is 0.359 e. The van der Waals surface area contributed by atoms with E-state index in [0.717, 1.165) is 0 Å². The first-order chi connectivity index (χ1) is 12.4. The van der Waals surface area contributed by atoms with Crippen molar-refractivity contribution in [3.8, 4) is 6.07 Å². The van der Waals surface area contributed by atoms with Crippen molar-refractivity contribution in [1.82, 2.24) is 14.7 Å². The number of hydrogen-bond acceptors (Lipinski definition) is 6. The number of amides is 1. The van der Waals surface area contributed by atoms with Gasteiger partial charge in [0.15, 0.2) is 12.3 Å². The first-order valence-electron chi connectivity index (χ1n) is 8.16. The summed E-state index contributed by atoms with van der Waals surface area (Å²) in [7, 11) is 1.53. The Labute approximate surface area is 150 Å². The second-order valence-electron chi connectivity index (χ2n) is 6.04. The van der Waals surface area contributed by atoms with Crippen LogP contribution in [0.4, 0.5) is 0 Å². The molecule has 0 saturated heterocycles. The molecule has 1 aromatic heterocycles. The van der Waals surface area contributed by atoms with E-state index >= 15 is 0 Å². The van der Waals surface area contributed by atoms with Crippen molar-refractivity contribution in [2.45, 2.75) is 26.3 Å². The van der Waals surface area contributed by atoms with E-state index in [-0.39, 0.29) is 30.3 Å². The van der Waals surface area contributed by atoms with E-state index in [1.54, 1.807) is 38.1 Å². The van der Waals surface area contributed by atoms with Gasteiger partial charge in [0.05, 0.1) is 23.9 Å². The van der Waals surface area contributed by atoms with Gasteiger partial charge >= 0.3 is 5.97 Å². The number of hydrogen-bond donors (Lipinski definition) is 0. The van der Waals surface area contributed by atoms with Crippen LogP contribution in [0.25, 0.3) is 10.8 Å². The number of aromatic nitrogens is 2. The zero-order valence-electron chi connectivity index (χ0n) is 14.9. The smallest absolute Gasteiger partial charge is 0.359 e. The molecule has 26 heavy (non-hydrogen) atoms. The van der Waals surface area contributed by atoms with Gasteiger partial charge < -0.3 is 9.64 Å². The Morgan fingerprint density at radius 1 is 1.31 bits per heavy atom. The minimum Gasteiger partial charge on any atom is -0.451 e. The summed E-state index contributed by atoms with van der Waals surface area (Å²) in [6.45, 7) is 3.36. The van der Waals surface area contributed by atoms with Crippen molar-refractivity contribution in [3.63, 3.8) is 0 Å². The first kappa shape index (κ1) is 19.1. The molecule has 8 heteroatoms. The standard InChI is InChI=1S/C18H20N4O4/c1-12(2)22-17(24)14-8-5-4-7-13(14)16(20-22)18(25)26-11-15(23)21(3)10-6-9-19/h4-5,7-8,12H,6,10-11H2,1-3H3. The van der Waals surface area contributed by atoms with Gasteiger partial charge in [-0.25, -0.2) is 9.48 Å². The first-order valence-corrected chi connectivity index (χ1v) is 8.16. The number of benzene rings is 1. The van der Waals surface area contributed by atoms with Crippen molar-refractivity contribution < 1.29 is 14.3 Å². The van der Waals surface area contributed by atoms with Crippen LogP contribution in [0.3, 0.4) is 0 Å². The van der Waals surface area contributed by atoms with Gasteiger partial charge in [-0.15, -0.1) is 0 Å². The van der Waals surface area contributed by atoms with Gasteiger partial charge in [0.1, 0.15) is 0 Å². The lowest BCUT2D eigenvalue weighted by Gasteiger charge is -2.16. The summed E-state index contributed by atoms with van der Waals surface area (Å²) in [5.41, 5.74) is -0.305. The lowest BCUT2D eigenvalue weighted by Crippen LogP contribution is -2.32. The van der Waals surface area contributed by atoms with Crippen LogP contribution in [0.15, 0.2) is 29.1 Å². The number of likely N-dealkylation sites (N-methyl/N-ethyl adjacent to an activating group) is 1. The second kappa shape index (κ2) is 8.25. The molecule has 0 bridgehead atoms. The van der Waals surface area contributed by atoms with E-state index in [2.05, 4.69) is 5.10 Å². The fourth-order valence-corrected chi connectivity index (χ4v) is 2.36. The highest BCUT2D eigenvalue weighted by Crippen LogP contribution is 2.15. The van der Waals surface area contributed by atoms with E-state index < -0.39 is 18.5 Å². The SMILES string of the molecule is CC(C)n1nc(C(=O)OCC(=O)N(C)CCC#N)c2ccccc2c1=O. The maximum atomic E-state index is 12.5. The molecular weight excluding hydrogens is 336 g/mol. The Hall–Kier alpha value is -3.21. The third-order valence-electron chi connectivity index (χ3n) is 3.82. The fraction of sp³-hybridized carbons (Fsp3) is 0.389. The van der Waals surface area contributed by atoms with Crippen LogP contribution in [-0.2, 0) is 9.53 Å². The molecule has 0 spiro atoms. The van der Waals surface area contributed by atoms with Gasteiger partial charge in [0, 0.05) is 19.0 Å². The van der Waals surface area contributed by atoms with E-state index in [4.69, 9.17) is 10.00 Å². The highest BCUT2D eigenvalue weighted by molar-refractivity contribution is 6.02. The van der Waals surface area contributed by atoms with Crippen molar-refractivity contribution in [2.75, 3.05) is 20.2 Å². The molecule has 0 aliphatic rings. The normalized spacial score (nSPS) is 10.6. The fourth-order valence-electron chi connectivity index (χ4n) is 2.36. The van der Waals surface area contributed by atoms with E-state index in [1.165, 1.54) is 16.6 Å². The minimum absolute atomic E-state index is 0.0126. The number of carbonyl (C=O) groups is 2. The summed E-state index contributed by atoms with van der Waals surface area (Å²) in [6.07, 6.45) is 0.196. The summed E-state index contributed by atoms with van der Waals surface area (Å²) < 4.78 is 6.30. The van der Waals surface area contributed by atoms with Crippen LogP contribution in [0, 0.1) is 11.3 Å². The number of nitrogens with zero attached hydrogens (tertiary/aromatic N) is 4. The maximum absolute atomic E-state index is 12.5. The van der Waals surface area contributed by atoms with Gasteiger partial charge in [-0.2, -0.15) is 10.4 Å². The molecule has 0 atom stereocenters. The van der Waals surface area contributed by atoms with Crippen LogP contribution in [-0.4, -0.2) is 46.8 Å². The lowest BCUT2D eigenvalue weighted by atomic mass is 10.1. The number of ether oxygens (including phenoxy) is 1. The van der Waals surface area contributed by atoms with Gasteiger partial charge in [0.2, 0.25) is 0 Å². The molecule has 0 aliphatic carbocycles. The topological polar surface area (TPSA) is 105 Å². The van der Waals surface area contributed by atoms with Crippen LogP contribution < -0.4 is 5.56 Å². The molecule has 0 radical (unpaired) electrons. The highest BCUT2D eigenvalue weighted by atomic mass is 16.5. The van der Waals surface area contributed by atoms with Gasteiger partial charge in [-0.05, 0) is 19.9 Å². The molecule has 8 nitrogen and oxygen atoms in total. The molecule has 0 N–H and O–H groups in total. The van der Waals surface area contributed by atoms with Gasteiger partial charge in [0.25, 0.3) is 11.5 Å². The number of nitriles is 1. The average Bonchev–Trinajstić information content (AvgIpc) is 2.64. The Morgan fingerprint density at radius 2 is 1.96 bits per heavy atom. The summed E-state index contributed by atoms with van der Waals surface area (Å²) in [5, 5.41) is 13.4. The van der Waals surface area contributed by atoms with Crippen LogP contribution >= 0.6 is 0 Å². The van der Waals surface area contributed by atoms with Crippen molar-refractivity contribution >= 4 is 22.6 Å². The Morgan fingerprint density at radius 3 is 2.58 bits per heavy atom. The summed E-state index contributed by atoms with van der Waals surface area (Å²) in [4.78, 5) is 38.2. The second-order valence-corrected chi connectivity index (χ2v) is 6.04. The molecular formula is C18H20N4O4. The summed E-state index contributed by atoms with van der Waals surface area (Å²) in [5.74, 6) is -1.20. The molecule has 1 amide bonds. The molecule has 2 rings (SSSR count). The highest BCUT2D eigenvalue weighted by Gasteiger charge is 2.20. The Bertz CT molecular complexity index is 927. The predicted molar refractivity (Wildman–Crippen MR) is 94.5 cm³/mol. The van der Waals surface area contributed by atoms with E-state index in [1.807, 2.05) is 6.07 Å². The van der Waals surface area contributed by atoms with Crippen LogP contribution in [0.2, 0.25) is 0 Å². The lowest BCUT2D eigenvalue weighted by molar-refractivity contribution is -0.133.